The van der Waals surface area contributed by atoms with Gasteiger partial charge in [0, 0.05) is 18.8 Å². The van der Waals surface area contributed by atoms with Crippen LogP contribution in [0.3, 0.4) is 0 Å². The number of aliphatic hydroxyl groups is 1. The van der Waals surface area contributed by atoms with E-state index in [0.717, 1.165) is 18.4 Å². The number of hydrogen-bond acceptors (Lipinski definition) is 5. The van der Waals surface area contributed by atoms with Crippen LogP contribution in [0.15, 0.2) is 59.3 Å². The van der Waals surface area contributed by atoms with Crippen LogP contribution in [0.25, 0.3) is 0 Å². The number of rotatable bonds is 7. The van der Waals surface area contributed by atoms with Gasteiger partial charge in [-0.3, -0.25) is 4.79 Å². The average Bonchev–Trinajstić information content (AvgIpc) is 2.66. The van der Waals surface area contributed by atoms with E-state index in [9.17, 15) is 14.7 Å². The molecule has 0 bridgehead atoms. The molecular weight excluding hydrogens is 392 g/mol. The Hall–Kier alpha value is -2.24. The summed E-state index contributed by atoms with van der Waals surface area (Å²) in [6, 6.07) is 0. The summed E-state index contributed by atoms with van der Waals surface area (Å²) in [6.07, 6.45) is 13.3. The average molecular weight is 431 g/mol. The maximum absolute atomic E-state index is 12.7. The van der Waals surface area contributed by atoms with Gasteiger partial charge in [-0.2, -0.15) is 0 Å². The molecule has 0 spiro atoms. The summed E-state index contributed by atoms with van der Waals surface area (Å²) in [6.45, 7) is 11.5. The molecule has 0 aromatic carbocycles. The van der Waals surface area contributed by atoms with Crippen LogP contribution in [0.1, 0.15) is 60.8 Å². The van der Waals surface area contributed by atoms with Gasteiger partial charge in [-0.1, -0.05) is 36.3 Å². The van der Waals surface area contributed by atoms with Crippen molar-refractivity contribution in [1.82, 2.24) is 0 Å². The van der Waals surface area contributed by atoms with Crippen molar-refractivity contribution < 1.29 is 24.2 Å². The SMILES string of the molecule is COC/C1=C/C[C@](C)(CCC=C(C)C)/C=C/[C@@H](OC(=O)C=C(C)C)[C@](C)(O)/C=C/C1=O. The van der Waals surface area contributed by atoms with E-state index in [0.29, 0.717) is 12.0 Å². The number of hydrogen-bond donors (Lipinski definition) is 1. The van der Waals surface area contributed by atoms with Gasteiger partial charge in [0.25, 0.3) is 0 Å². The second kappa shape index (κ2) is 12.0. The highest BCUT2D eigenvalue weighted by Gasteiger charge is 2.32. The fraction of sp³-hybridized carbons (Fsp3) is 0.538. The van der Waals surface area contributed by atoms with Crippen LogP contribution in [-0.2, 0) is 19.1 Å². The summed E-state index contributed by atoms with van der Waals surface area (Å²) in [4.78, 5) is 25.0. The monoisotopic (exact) mass is 430 g/mol. The molecule has 3 atom stereocenters. The van der Waals surface area contributed by atoms with Gasteiger partial charge < -0.3 is 14.6 Å². The minimum Gasteiger partial charge on any atom is -0.452 e. The van der Waals surface area contributed by atoms with Crippen LogP contribution in [0, 0.1) is 5.41 Å². The van der Waals surface area contributed by atoms with Gasteiger partial charge >= 0.3 is 5.97 Å². The molecule has 31 heavy (non-hydrogen) atoms. The lowest BCUT2D eigenvalue weighted by Crippen LogP contribution is -2.39. The van der Waals surface area contributed by atoms with Crippen LogP contribution in [0.2, 0.25) is 0 Å². The maximum atomic E-state index is 12.7. The zero-order chi connectivity index (χ0) is 23.7. The zero-order valence-electron chi connectivity index (χ0n) is 20.0. The fourth-order valence-corrected chi connectivity index (χ4v) is 3.20. The van der Waals surface area contributed by atoms with E-state index in [1.807, 2.05) is 12.2 Å². The quantitative estimate of drug-likeness (QED) is 0.349. The topological polar surface area (TPSA) is 72.8 Å². The summed E-state index contributed by atoms with van der Waals surface area (Å²) >= 11 is 0. The fourth-order valence-electron chi connectivity index (χ4n) is 3.20. The van der Waals surface area contributed by atoms with Crippen molar-refractivity contribution in [2.24, 2.45) is 5.41 Å². The van der Waals surface area contributed by atoms with Crippen LogP contribution in [-0.4, -0.2) is 42.3 Å². The second-order valence-electron chi connectivity index (χ2n) is 9.20. The van der Waals surface area contributed by atoms with Crippen LogP contribution < -0.4 is 0 Å². The molecule has 1 aliphatic rings. The number of carbonyl (C=O) groups excluding carboxylic acids is 2. The van der Waals surface area contributed by atoms with Crippen LogP contribution in [0.5, 0.6) is 0 Å². The molecule has 5 nitrogen and oxygen atoms in total. The van der Waals surface area contributed by atoms with Crippen molar-refractivity contribution in [3.63, 3.8) is 0 Å². The van der Waals surface area contributed by atoms with E-state index in [1.165, 1.54) is 30.7 Å². The van der Waals surface area contributed by atoms with E-state index in [-0.39, 0.29) is 17.8 Å². The van der Waals surface area contributed by atoms with E-state index < -0.39 is 17.7 Å². The highest BCUT2D eigenvalue weighted by molar-refractivity contribution is 6.04. The molecule has 0 aliphatic heterocycles. The number of carbonyl (C=O) groups is 2. The third-order valence-corrected chi connectivity index (χ3v) is 5.17. The summed E-state index contributed by atoms with van der Waals surface area (Å²) in [5.74, 6) is -0.765. The smallest absolute Gasteiger partial charge is 0.331 e. The zero-order valence-corrected chi connectivity index (χ0v) is 20.0. The molecule has 1 rings (SSSR count). The largest absolute Gasteiger partial charge is 0.452 e. The maximum Gasteiger partial charge on any atom is 0.331 e. The first kappa shape index (κ1) is 26.8. The van der Waals surface area contributed by atoms with Crippen molar-refractivity contribution >= 4 is 11.8 Å². The van der Waals surface area contributed by atoms with Gasteiger partial charge in [-0.15, -0.1) is 0 Å². The lowest BCUT2D eigenvalue weighted by molar-refractivity contribution is -0.148. The van der Waals surface area contributed by atoms with Crippen molar-refractivity contribution in [2.45, 2.75) is 72.5 Å². The Kier molecular flexibility index (Phi) is 10.3. The van der Waals surface area contributed by atoms with Crippen molar-refractivity contribution in [1.29, 1.82) is 0 Å². The molecule has 0 fully saturated rings. The normalized spacial score (nSPS) is 30.3. The summed E-state index contributed by atoms with van der Waals surface area (Å²) in [7, 11) is 1.55. The molecule has 0 aromatic heterocycles. The number of ether oxygens (including phenoxy) is 2. The van der Waals surface area contributed by atoms with E-state index in [2.05, 4.69) is 26.8 Å². The van der Waals surface area contributed by atoms with Gasteiger partial charge in [0.15, 0.2) is 11.9 Å². The first-order valence-electron chi connectivity index (χ1n) is 10.7. The van der Waals surface area contributed by atoms with Gasteiger partial charge in [-0.05, 0) is 77.5 Å². The summed E-state index contributed by atoms with van der Waals surface area (Å²) in [5.41, 5.74) is 0.732. The Bertz CT molecular complexity index is 787. The van der Waals surface area contributed by atoms with E-state index in [1.54, 1.807) is 27.0 Å². The Labute approximate surface area is 187 Å². The number of esters is 1. The molecular formula is C26H38O5. The van der Waals surface area contributed by atoms with Gasteiger partial charge in [-0.25, -0.2) is 4.79 Å². The highest BCUT2D eigenvalue weighted by Crippen LogP contribution is 2.33. The minimum absolute atomic E-state index is 0.193. The standard InChI is InChI=1S/C26H38O5/c1-19(2)9-8-13-25(5)14-10-21(18-30-7)22(27)11-16-26(6,29)23(12-15-25)31-24(28)17-20(3)4/h9-12,15-17,23,29H,8,13-14,18H2,1-7H3/b15-12+,16-11+,21-10-/t23-,25+,26-/m1/s1. The van der Waals surface area contributed by atoms with Gasteiger partial charge in [0.05, 0.1) is 6.61 Å². The van der Waals surface area contributed by atoms with E-state index >= 15 is 0 Å². The molecule has 172 valence electrons. The van der Waals surface area contributed by atoms with Gasteiger partial charge in [0.2, 0.25) is 0 Å². The van der Waals surface area contributed by atoms with Crippen molar-refractivity contribution in [2.75, 3.05) is 13.7 Å². The minimum atomic E-state index is -1.55. The predicted octanol–water partition coefficient (Wildman–Crippen LogP) is 5.03. The molecule has 5 heteroatoms. The molecule has 0 saturated carbocycles. The molecule has 0 radical (unpaired) electrons. The Balaban J connectivity index is 3.40. The van der Waals surface area contributed by atoms with E-state index in [4.69, 9.17) is 9.47 Å². The molecule has 0 unspecified atom stereocenters. The molecule has 0 saturated heterocycles. The Morgan fingerprint density at radius 1 is 1.19 bits per heavy atom. The lowest BCUT2D eigenvalue weighted by Gasteiger charge is -2.29. The number of ketones is 1. The third kappa shape index (κ3) is 9.62. The predicted molar refractivity (Wildman–Crippen MR) is 125 cm³/mol. The van der Waals surface area contributed by atoms with Crippen LogP contribution in [0.4, 0.5) is 0 Å². The Morgan fingerprint density at radius 3 is 2.45 bits per heavy atom. The highest BCUT2D eigenvalue weighted by atomic mass is 16.6. The molecule has 0 aromatic rings. The van der Waals surface area contributed by atoms with Crippen LogP contribution >= 0.6 is 0 Å². The molecule has 0 heterocycles. The Morgan fingerprint density at radius 2 is 1.87 bits per heavy atom. The second-order valence-corrected chi connectivity index (χ2v) is 9.20. The first-order chi connectivity index (χ1) is 14.4. The number of allylic oxidation sites excluding steroid dienone is 6. The summed E-state index contributed by atoms with van der Waals surface area (Å²) in [5, 5.41) is 11.0. The lowest BCUT2D eigenvalue weighted by atomic mass is 9.80. The third-order valence-electron chi connectivity index (χ3n) is 5.17. The molecule has 0 amide bonds. The van der Waals surface area contributed by atoms with Crippen molar-refractivity contribution in [3.8, 4) is 0 Å². The molecule has 1 N–H and O–H groups in total. The molecule has 1 aliphatic carbocycles. The number of methoxy groups -OCH3 is 1. The van der Waals surface area contributed by atoms with Crippen molar-refractivity contribution in [3.05, 3.63) is 59.3 Å². The summed E-state index contributed by atoms with van der Waals surface area (Å²) < 4.78 is 10.8. The first-order valence-corrected chi connectivity index (χ1v) is 10.7. The van der Waals surface area contributed by atoms with Gasteiger partial charge in [0.1, 0.15) is 5.60 Å².